The maximum absolute atomic E-state index is 13.0. The number of anilines is 1. The minimum Gasteiger partial charge on any atom is -0.495 e. The number of methoxy groups -OCH3 is 1. The van der Waals surface area contributed by atoms with E-state index in [4.69, 9.17) is 4.74 Å². The van der Waals surface area contributed by atoms with E-state index >= 15 is 0 Å². The highest BCUT2D eigenvalue weighted by molar-refractivity contribution is 7.89. The van der Waals surface area contributed by atoms with Crippen molar-refractivity contribution in [1.82, 2.24) is 4.31 Å². The number of aryl methyl sites for hydroxylation is 1. The van der Waals surface area contributed by atoms with Gasteiger partial charge >= 0.3 is 12.4 Å². The fraction of sp³-hybridized carbons (Fsp3) is 0.350. The number of alkyl halides is 6. The molecular weight excluding hydrogens is 478 g/mol. The summed E-state index contributed by atoms with van der Waals surface area (Å²) in [7, 11) is -3.03. The zero-order valence-electron chi connectivity index (χ0n) is 17.6. The van der Waals surface area contributed by atoms with E-state index in [1.54, 1.807) is 13.0 Å². The summed E-state index contributed by atoms with van der Waals surface area (Å²) in [6.45, 7) is 1.99. The number of nitrogens with one attached hydrogen (secondary N) is 1. The molecule has 6 nitrogen and oxygen atoms in total. The third-order valence-electron chi connectivity index (χ3n) is 4.48. The number of halogens is 6. The number of hydrogen-bond donors (Lipinski definition) is 1. The van der Waals surface area contributed by atoms with Gasteiger partial charge in [-0.25, -0.2) is 8.42 Å². The summed E-state index contributed by atoms with van der Waals surface area (Å²) in [6, 6.07) is 4.92. The van der Waals surface area contributed by atoms with E-state index in [1.165, 1.54) is 26.2 Å². The van der Waals surface area contributed by atoms with Crippen LogP contribution in [0.4, 0.5) is 32.0 Å². The molecule has 2 aromatic rings. The first-order chi connectivity index (χ1) is 15.1. The second-order valence-electron chi connectivity index (χ2n) is 6.93. The highest BCUT2D eigenvalue weighted by atomic mass is 32.2. The van der Waals surface area contributed by atoms with Crippen LogP contribution in [0.1, 0.15) is 23.6 Å². The zero-order valence-corrected chi connectivity index (χ0v) is 18.5. The van der Waals surface area contributed by atoms with Crippen LogP contribution in [0.15, 0.2) is 41.3 Å². The Bertz CT molecular complexity index is 1100. The van der Waals surface area contributed by atoms with Gasteiger partial charge in [-0.15, -0.1) is 0 Å². The topological polar surface area (TPSA) is 75.7 Å². The van der Waals surface area contributed by atoms with E-state index in [1.807, 2.05) is 5.32 Å². The van der Waals surface area contributed by atoms with Gasteiger partial charge in [-0.2, -0.15) is 30.6 Å². The van der Waals surface area contributed by atoms with Crippen LogP contribution in [-0.4, -0.2) is 38.8 Å². The molecule has 182 valence electrons. The van der Waals surface area contributed by atoms with Gasteiger partial charge in [-0.05, 0) is 42.8 Å². The lowest BCUT2D eigenvalue weighted by molar-refractivity contribution is -0.143. The Hall–Kier alpha value is -2.80. The van der Waals surface area contributed by atoms with E-state index in [-0.39, 0.29) is 23.3 Å². The van der Waals surface area contributed by atoms with Gasteiger partial charge in [0.25, 0.3) is 0 Å². The van der Waals surface area contributed by atoms with Crippen molar-refractivity contribution in [2.45, 2.75) is 31.1 Å². The maximum Gasteiger partial charge on any atom is 0.416 e. The molecule has 0 radical (unpaired) electrons. The summed E-state index contributed by atoms with van der Waals surface area (Å²) in [5.74, 6) is -1.12. The SMILES string of the molecule is CCN(CC(=O)Nc1cc(C(F)(F)F)cc(C(F)(F)F)c1)S(=O)(=O)c1cc(C)ccc1OC. The predicted molar refractivity (Wildman–Crippen MR) is 107 cm³/mol. The van der Waals surface area contributed by atoms with Gasteiger partial charge < -0.3 is 10.1 Å². The number of carbonyl (C=O) groups excluding carboxylic acids is 1. The number of likely N-dealkylation sites (N-methyl/N-ethyl adjacent to an activating group) is 1. The number of rotatable bonds is 7. The second kappa shape index (κ2) is 9.59. The molecule has 0 saturated carbocycles. The normalized spacial score (nSPS) is 12.7. The minimum atomic E-state index is -5.10. The number of benzene rings is 2. The van der Waals surface area contributed by atoms with Crippen LogP contribution in [0, 0.1) is 6.92 Å². The van der Waals surface area contributed by atoms with Crippen LogP contribution in [0.2, 0.25) is 0 Å². The third-order valence-corrected chi connectivity index (χ3v) is 6.42. The van der Waals surface area contributed by atoms with Crippen molar-refractivity contribution in [3.63, 3.8) is 0 Å². The van der Waals surface area contributed by atoms with Crippen molar-refractivity contribution < 1.29 is 44.3 Å². The summed E-state index contributed by atoms with van der Waals surface area (Å²) < 4.78 is 110. The Morgan fingerprint density at radius 1 is 1.00 bits per heavy atom. The molecule has 33 heavy (non-hydrogen) atoms. The van der Waals surface area contributed by atoms with Crippen LogP contribution < -0.4 is 10.1 Å². The number of sulfonamides is 1. The lowest BCUT2D eigenvalue weighted by Crippen LogP contribution is -2.38. The lowest BCUT2D eigenvalue weighted by atomic mass is 10.1. The largest absolute Gasteiger partial charge is 0.495 e. The van der Waals surface area contributed by atoms with Crippen LogP contribution in [0.5, 0.6) is 5.75 Å². The Kier molecular flexibility index (Phi) is 7.69. The minimum absolute atomic E-state index is 0.00663. The average Bonchev–Trinajstić information content (AvgIpc) is 2.70. The van der Waals surface area contributed by atoms with E-state index in [2.05, 4.69) is 0 Å². The molecule has 0 saturated heterocycles. The molecule has 13 heteroatoms. The molecular formula is C20H20F6N2O4S. The fourth-order valence-corrected chi connectivity index (χ4v) is 4.52. The van der Waals surface area contributed by atoms with Gasteiger partial charge in [0.1, 0.15) is 10.6 Å². The maximum atomic E-state index is 13.0. The molecule has 0 spiro atoms. The van der Waals surface area contributed by atoms with Crippen LogP contribution in [0.25, 0.3) is 0 Å². The lowest BCUT2D eigenvalue weighted by Gasteiger charge is -2.22. The van der Waals surface area contributed by atoms with Gasteiger partial charge in [0.15, 0.2) is 0 Å². The highest BCUT2D eigenvalue weighted by Crippen LogP contribution is 2.37. The first-order valence-electron chi connectivity index (χ1n) is 9.33. The second-order valence-corrected chi connectivity index (χ2v) is 8.83. The summed E-state index contributed by atoms with van der Waals surface area (Å²) in [5, 5.41) is 1.92. The van der Waals surface area contributed by atoms with Crippen molar-refractivity contribution in [3.8, 4) is 5.75 Å². The molecule has 0 aliphatic carbocycles. The number of ether oxygens (including phenoxy) is 1. The number of amides is 1. The van der Waals surface area contributed by atoms with Crippen LogP contribution in [0.3, 0.4) is 0 Å². The van der Waals surface area contributed by atoms with E-state index in [0.717, 1.165) is 4.31 Å². The smallest absolute Gasteiger partial charge is 0.416 e. The van der Waals surface area contributed by atoms with Crippen molar-refractivity contribution in [3.05, 3.63) is 53.1 Å². The van der Waals surface area contributed by atoms with Crippen molar-refractivity contribution >= 4 is 21.6 Å². The third kappa shape index (κ3) is 6.38. The van der Waals surface area contributed by atoms with Crippen molar-refractivity contribution in [2.75, 3.05) is 25.5 Å². The first-order valence-corrected chi connectivity index (χ1v) is 10.8. The zero-order chi connectivity index (χ0) is 25.2. The Balaban J connectivity index is 2.35. The van der Waals surface area contributed by atoms with Crippen LogP contribution in [-0.2, 0) is 27.2 Å². The Morgan fingerprint density at radius 3 is 2.00 bits per heavy atom. The molecule has 0 unspecified atom stereocenters. The van der Waals surface area contributed by atoms with Crippen molar-refractivity contribution in [2.24, 2.45) is 0 Å². The van der Waals surface area contributed by atoms with Gasteiger partial charge in [0.05, 0.1) is 24.8 Å². The first kappa shape index (κ1) is 26.5. The molecule has 0 heterocycles. The number of hydrogen-bond acceptors (Lipinski definition) is 4. The molecule has 1 N–H and O–H groups in total. The number of nitrogens with zero attached hydrogens (tertiary/aromatic N) is 1. The summed E-state index contributed by atoms with van der Waals surface area (Å²) >= 11 is 0. The van der Waals surface area contributed by atoms with Gasteiger partial charge in [-0.3, -0.25) is 4.79 Å². The Morgan fingerprint density at radius 2 is 1.55 bits per heavy atom. The van der Waals surface area contributed by atoms with E-state index in [0.29, 0.717) is 17.7 Å². The summed E-state index contributed by atoms with van der Waals surface area (Å²) in [4.78, 5) is 12.2. The molecule has 0 atom stereocenters. The molecule has 0 bridgehead atoms. The summed E-state index contributed by atoms with van der Waals surface area (Å²) in [6.07, 6.45) is -10.2. The Labute approximate surface area is 186 Å². The monoisotopic (exact) mass is 498 g/mol. The molecule has 2 rings (SSSR count). The van der Waals surface area contributed by atoms with Crippen LogP contribution >= 0.6 is 0 Å². The standard InChI is InChI=1S/C20H20F6N2O4S/c1-4-28(33(30,31)17-7-12(2)5-6-16(17)32-3)11-18(29)27-15-9-13(19(21,22)23)8-14(10-15)20(24,25)26/h5-10H,4,11H2,1-3H3,(H,27,29). The van der Waals surface area contributed by atoms with Gasteiger partial charge in [-0.1, -0.05) is 13.0 Å². The fourth-order valence-electron chi connectivity index (χ4n) is 2.88. The van der Waals surface area contributed by atoms with Gasteiger partial charge in [0, 0.05) is 12.2 Å². The number of carbonyl (C=O) groups is 1. The molecule has 0 aliphatic rings. The predicted octanol–water partition coefficient (Wildman–Crippen LogP) is 4.69. The van der Waals surface area contributed by atoms with E-state index < -0.39 is 51.6 Å². The average molecular weight is 498 g/mol. The summed E-state index contributed by atoms with van der Waals surface area (Å²) in [5.41, 5.74) is -3.42. The molecule has 0 aliphatic heterocycles. The molecule has 2 aromatic carbocycles. The van der Waals surface area contributed by atoms with E-state index in [9.17, 15) is 39.6 Å². The quantitative estimate of drug-likeness (QED) is 0.562. The van der Waals surface area contributed by atoms with Gasteiger partial charge in [0.2, 0.25) is 15.9 Å². The molecule has 0 aromatic heterocycles. The molecule has 1 amide bonds. The highest BCUT2D eigenvalue weighted by Gasteiger charge is 2.37. The molecule has 0 fully saturated rings. The van der Waals surface area contributed by atoms with Crippen molar-refractivity contribution in [1.29, 1.82) is 0 Å².